The Kier molecular flexibility index (Phi) is 6.25. The second-order valence-corrected chi connectivity index (χ2v) is 11.5. The number of rotatable bonds is 5. The number of alkyl halides is 3. The van der Waals surface area contributed by atoms with Crippen molar-refractivity contribution in [2.45, 2.75) is 56.6 Å². The van der Waals surface area contributed by atoms with E-state index in [1.165, 1.54) is 30.4 Å². The summed E-state index contributed by atoms with van der Waals surface area (Å²) < 4.78 is 56.8. The normalized spacial score (nSPS) is 23.6. The molecule has 0 spiro atoms. The zero-order valence-corrected chi connectivity index (χ0v) is 22.6. The third kappa shape index (κ3) is 4.57. The maximum atomic E-state index is 13.6. The molecule has 216 valence electrons. The zero-order valence-electron chi connectivity index (χ0n) is 21.8. The number of benzene rings is 2. The summed E-state index contributed by atoms with van der Waals surface area (Å²) in [7, 11) is 0. The number of hydrogen-bond donors (Lipinski definition) is 3. The topological polar surface area (TPSA) is 121 Å². The highest BCUT2D eigenvalue weighted by Gasteiger charge is 2.56. The van der Waals surface area contributed by atoms with Gasteiger partial charge in [0.15, 0.2) is 6.10 Å². The molecular weight excluding hydrogens is 565 g/mol. The largest absolute Gasteiger partial charge is 0.449 e. The van der Waals surface area contributed by atoms with Crippen LogP contribution < -0.4 is 9.64 Å². The monoisotopic (exact) mass is 590 g/mol. The number of esters is 2. The summed E-state index contributed by atoms with van der Waals surface area (Å²) in [4.78, 5) is 29.2. The van der Waals surface area contributed by atoms with E-state index in [2.05, 4.69) is 4.98 Å². The lowest BCUT2D eigenvalue weighted by Gasteiger charge is -2.43. The molecule has 2 aliphatic rings. The van der Waals surface area contributed by atoms with Gasteiger partial charge in [-0.3, -0.25) is 0 Å². The van der Waals surface area contributed by atoms with E-state index in [0.29, 0.717) is 32.8 Å². The summed E-state index contributed by atoms with van der Waals surface area (Å²) in [6.45, 7) is 3.57. The van der Waals surface area contributed by atoms with Gasteiger partial charge in [0.25, 0.3) is 0 Å². The van der Waals surface area contributed by atoms with Crippen LogP contribution in [0.5, 0.6) is 5.75 Å². The predicted octanol–water partition coefficient (Wildman–Crippen LogP) is 4.79. The van der Waals surface area contributed by atoms with Crippen LogP contribution in [0.2, 0.25) is 0 Å². The number of piperidine rings is 1. The van der Waals surface area contributed by atoms with Gasteiger partial charge >= 0.3 is 24.1 Å². The molecule has 4 aromatic rings. The van der Waals surface area contributed by atoms with Crippen molar-refractivity contribution in [2.75, 3.05) is 11.4 Å². The Morgan fingerprint density at radius 1 is 1.12 bits per heavy atom. The minimum atomic E-state index is -4.49. The molecule has 6 rings (SSSR count). The Labute approximate surface area is 235 Å². The summed E-state index contributed by atoms with van der Waals surface area (Å²) in [5.74, 6) is -4.02. The summed E-state index contributed by atoms with van der Waals surface area (Å²) in [5, 5.41) is 22.4. The molecule has 2 fully saturated rings. The van der Waals surface area contributed by atoms with Gasteiger partial charge in [0.2, 0.25) is 0 Å². The summed E-state index contributed by atoms with van der Waals surface area (Å²) in [6, 6.07) is 12.1. The number of aliphatic hydroxyl groups is 2. The lowest BCUT2D eigenvalue weighted by Crippen LogP contribution is -2.48. The van der Waals surface area contributed by atoms with Crippen molar-refractivity contribution in [3.05, 3.63) is 59.0 Å². The number of halogens is 3. The standard InChI is InChI=1S/C28H25F3N2O7S/c1-14-13-26(37,22-11-16-18(27(29,30)31)5-3-8-21(16)41-22)9-10-33(14)23-12-17-19(32-23)6-4-7-20(17)38-28(15(2)34)39-24(35)25(36)40-28/h3-8,11-12,14-15,32,34,37H,9-10,13H2,1-2H3/t14-,15-,26+/m0/s1. The first-order valence-corrected chi connectivity index (χ1v) is 13.7. The fourth-order valence-corrected chi connectivity index (χ4v) is 6.73. The first-order chi connectivity index (χ1) is 19.3. The van der Waals surface area contributed by atoms with Gasteiger partial charge in [-0.25, -0.2) is 9.59 Å². The number of aliphatic hydroxyl groups excluding tert-OH is 1. The van der Waals surface area contributed by atoms with E-state index in [-0.39, 0.29) is 30.0 Å². The molecule has 0 unspecified atom stereocenters. The lowest BCUT2D eigenvalue weighted by atomic mass is 9.85. The fraction of sp³-hybridized carbons (Fsp3) is 0.357. The average Bonchev–Trinajstić information content (AvgIpc) is 3.60. The molecule has 2 aromatic heterocycles. The van der Waals surface area contributed by atoms with Crippen molar-refractivity contribution in [2.24, 2.45) is 0 Å². The van der Waals surface area contributed by atoms with Gasteiger partial charge in [-0.05, 0) is 56.7 Å². The van der Waals surface area contributed by atoms with E-state index in [1.54, 1.807) is 30.3 Å². The molecule has 41 heavy (non-hydrogen) atoms. The van der Waals surface area contributed by atoms with Crippen molar-refractivity contribution in [3.8, 4) is 5.75 Å². The first kappa shape index (κ1) is 27.4. The van der Waals surface area contributed by atoms with Crippen LogP contribution in [0, 0.1) is 0 Å². The van der Waals surface area contributed by atoms with Crippen LogP contribution in [-0.2, 0) is 30.8 Å². The molecule has 3 atom stereocenters. The Bertz CT molecular complexity index is 1660. The second kappa shape index (κ2) is 9.36. The number of thiophene rings is 1. The quantitative estimate of drug-likeness (QED) is 0.224. The van der Waals surface area contributed by atoms with E-state index >= 15 is 0 Å². The predicted molar refractivity (Wildman–Crippen MR) is 142 cm³/mol. The maximum absolute atomic E-state index is 13.6. The molecule has 0 saturated carbocycles. The highest BCUT2D eigenvalue weighted by molar-refractivity contribution is 7.19. The number of nitrogens with zero attached hydrogens (tertiary/aromatic N) is 1. The van der Waals surface area contributed by atoms with Gasteiger partial charge in [0.1, 0.15) is 17.2 Å². The van der Waals surface area contributed by atoms with Crippen molar-refractivity contribution < 1.29 is 47.2 Å². The fourth-order valence-electron chi connectivity index (χ4n) is 5.52. The van der Waals surface area contributed by atoms with Crippen LogP contribution in [0.4, 0.5) is 19.0 Å². The number of aromatic nitrogens is 1. The highest BCUT2D eigenvalue weighted by Crippen LogP contribution is 2.45. The van der Waals surface area contributed by atoms with Gasteiger partial charge in [-0.2, -0.15) is 13.2 Å². The first-order valence-electron chi connectivity index (χ1n) is 12.8. The Balaban J connectivity index is 1.27. The number of fused-ring (bicyclic) bond motifs is 2. The van der Waals surface area contributed by atoms with Crippen LogP contribution in [0.25, 0.3) is 21.0 Å². The molecule has 0 bridgehead atoms. The molecule has 4 heterocycles. The van der Waals surface area contributed by atoms with E-state index < -0.39 is 41.4 Å². The number of anilines is 1. The lowest BCUT2D eigenvalue weighted by molar-refractivity contribution is -0.313. The van der Waals surface area contributed by atoms with Crippen molar-refractivity contribution in [1.29, 1.82) is 0 Å². The zero-order chi connectivity index (χ0) is 29.3. The van der Waals surface area contributed by atoms with Crippen LogP contribution in [-0.4, -0.2) is 51.8 Å². The number of carbonyl (C=O) groups excluding carboxylic acids is 2. The van der Waals surface area contributed by atoms with E-state index in [0.717, 1.165) is 6.07 Å². The maximum Gasteiger partial charge on any atom is 0.449 e. The number of carbonyl (C=O) groups is 2. The molecule has 0 amide bonds. The summed E-state index contributed by atoms with van der Waals surface area (Å²) in [6.07, 6.45) is -5.43. The Hall–Kier alpha value is -3.81. The van der Waals surface area contributed by atoms with E-state index in [1.807, 2.05) is 11.8 Å². The number of aromatic amines is 1. The smallest absolute Gasteiger partial charge is 0.418 e. The van der Waals surface area contributed by atoms with Crippen LogP contribution in [0.3, 0.4) is 0 Å². The second-order valence-electron chi connectivity index (χ2n) is 10.4. The van der Waals surface area contributed by atoms with Gasteiger partial charge in [-0.15, -0.1) is 11.3 Å². The molecule has 3 N–H and O–H groups in total. The summed E-state index contributed by atoms with van der Waals surface area (Å²) >= 11 is 1.17. The minimum absolute atomic E-state index is 0.0836. The van der Waals surface area contributed by atoms with Crippen molar-refractivity contribution in [1.82, 2.24) is 4.98 Å². The molecule has 0 radical (unpaired) electrons. The Morgan fingerprint density at radius 2 is 1.83 bits per heavy atom. The van der Waals surface area contributed by atoms with Crippen molar-refractivity contribution >= 4 is 50.1 Å². The van der Waals surface area contributed by atoms with Crippen molar-refractivity contribution in [3.63, 3.8) is 0 Å². The highest BCUT2D eigenvalue weighted by atomic mass is 32.1. The van der Waals surface area contributed by atoms with E-state index in [4.69, 9.17) is 14.2 Å². The molecular formula is C28H25F3N2O7S. The van der Waals surface area contributed by atoms with Gasteiger partial charge < -0.3 is 34.3 Å². The molecule has 2 saturated heterocycles. The molecule has 13 heteroatoms. The van der Waals surface area contributed by atoms with Gasteiger partial charge in [0.05, 0.1) is 11.1 Å². The van der Waals surface area contributed by atoms with E-state index in [9.17, 15) is 33.0 Å². The molecule has 0 aliphatic carbocycles. The van der Waals surface area contributed by atoms with Gasteiger partial charge in [-0.1, -0.05) is 12.1 Å². The Morgan fingerprint density at radius 3 is 2.49 bits per heavy atom. The van der Waals surface area contributed by atoms with Crippen LogP contribution >= 0.6 is 11.3 Å². The third-order valence-electron chi connectivity index (χ3n) is 7.58. The SMILES string of the molecule is C[C@H](O)C1(Oc2cccc3[nH]c(N4CC[C@](O)(c5cc6c(C(F)(F)F)cccc6s5)C[C@@H]4C)cc23)OC(=O)C(=O)O1. The number of ether oxygens (including phenoxy) is 3. The number of cyclic esters (lactones) is 2. The summed E-state index contributed by atoms with van der Waals surface area (Å²) in [5.41, 5.74) is -1.38. The number of hydrogen-bond acceptors (Lipinski definition) is 9. The number of H-pyrrole nitrogens is 1. The number of nitrogens with one attached hydrogen (secondary N) is 1. The van der Waals surface area contributed by atoms with Crippen LogP contribution in [0.15, 0.2) is 48.5 Å². The van der Waals surface area contributed by atoms with Crippen LogP contribution in [0.1, 0.15) is 37.1 Å². The molecule has 9 nitrogen and oxygen atoms in total. The minimum Gasteiger partial charge on any atom is -0.418 e. The average molecular weight is 591 g/mol. The third-order valence-corrected chi connectivity index (χ3v) is 8.87. The molecule has 2 aliphatic heterocycles. The van der Waals surface area contributed by atoms with Gasteiger partial charge in [0, 0.05) is 39.4 Å². The molecule has 2 aromatic carbocycles.